The molecule has 1 rings (SSSR count). The number of pyridine rings is 1. The van der Waals surface area contributed by atoms with E-state index >= 15 is 0 Å². The molecule has 18 heavy (non-hydrogen) atoms. The number of likely N-dealkylation sites (N-methyl/N-ethyl adjacent to an activating group) is 1. The van der Waals surface area contributed by atoms with E-state index in [0.717, 1.165) is 0 Å². The fourth-order valence-corrected chi connectivity index (χ4v) is 1.92. The molecule has 1 heterocycles. The lowest BCUT2D eigenvalue weighted by atomic mass is 10.0. The lowest BCUT2D eigenvalue weighted by Crippen LogP contribution is -2.43. The number of hydrogen-bond donors (Lipinski definition) is 1. The number of ether oxygens (including phenoxy) is 1. The summed E-state index contributed by atoms with van der Waals surface area (Å²) in [7, 11) is 5.36. The number of methoxy groups -OCH3 is 1. The summed E-state index contributed by atoms with van der Waals surface area (Å²) in [6.07, 6.45) is 1.59. The number of nitrogens with one attached hydrogen (secondary N) is 1. The summed E-state index contributed by atoms with van der Waals surface area (Å²) in [4.78, 5) is 18.1. The van der Waals surface area contributed by atoms with Gasteiger partial charge in [0.25, 0.3) is 0 Å². The Kier molecular flexibility index (Phi) is 5.09. The van der Waals surface area contributed by atoms with E-state index < -0.39 is 0 Å². The average molecular weight is 251 g/mol. The number of rotatable bonds is 5. The van der Waals surface area contributed by atoms with Crippen LogP contribution < -0.4 is 10.1 Å². The Morgan fingerprint density at radius 2 is 2.06 bits per heavy atom. The van der Waals surface area contributed by atoms with Crippen LogP contribution in [0.3, 0.4) is 0 Å². The van der Waals surface area contributed by atoms with Crippen LogP contribution in [0.15, 0.2) is 18.3 Å². The highest BCUT2D eigenvalue weighted by atomic mass is 16.5. The van der Waals surface area contributed by atoms with Crippen LogP contribution in [-0.4, -0.2) is 43.0 Å². The molecule has 5 heteroatoms. The average Bonchev–Trinajstić information content (AvgIpc) is 2.28. The van der Waals surface area contributed by atoms with Gasteiger partial charge in [-0.15, -0.1) is 0 Å². The summed E-state index contributed by atoms with van der Waals surface area (Å²) in [6, 6.07) is 3.33. The number of hydrogen-bond acceptors (Lipinski definition) is 4. The third kappa shape index (κ3) is 3.70. The van der Waals surface area contributed by atoms with E-state index in [4.69, 9.17) is 4.74 Å². The van der Waals surface area contributed by atoms with Gasteiger partial charge in [-0.05, 0) is 26.1 Å². The molecule has 0 saturated heterocycles. The van der Waals surface area contributed by atoms with Crippen LogP contribution in [0.1, 0.15) is 13.8 Å². The van der Waals surface area contributed by atoms with Crippen LogP contribution >= 0.6 is 0 Å². The lowest BCUT2D eigenvalue weighted by Gasteiger charge is -2.26. The molecule has 0 spiro atoms. The van der Waals surface area contributed by atoms with Crippen molar-refractivity contribution in [2.24, 2.45) is 5.92 Å². The molecule has 1 N–H and O–H groups in total. The standard InChI is InChI=1S/C13H21N3O2/c1-9(2)12(16(3)4)13(17)15-10-6-7-11(18-5)14-8-10/h6-9,12H,1-5H3,(H,15,17)/t12-/m0/s1. The first-order chi connectivity index (χ1) is 8.45. The van der Waals surface area contributed by atoms with Crippen molar-refractivity contribution >= 4 is 11.6 Å². The smallest absolute Gasteiger partial charge is 0.242 e. The molecule has 0 bridgehead atoms. The molecule has 0 aliphatic carbocycles. The van der Waals surface area contributed by atoms with E-state index in [1.54, 1.807) is 25.4 Å². The predicted octanol–water partition coefficient (Wildman–Crippen LogP) is 1.61. The van der Waals surface area contributed by atoms with E-state index in [2.05, 4.69) is 10.3 Å². The Morgan fingerprint density at radius 3 is 2.44 bits per heavy atom. The van der Waals surface area contributed by atoms with Crippen LogP contribution in [0.5, 0.6) is 5.88 Å². The van der Waals surface area contributed by atoms with Gasteiger partial charge < -0.3 is 10.1 Å². The molecule has 0 unspecified atom stereocenters. The summed E-state index contributed by atoms with van der Waals surface area (Å²) in [6.45, 7) is 4.05. The molecule has 0 aromatic carbocycles. The fraction of sp³-hybridized carbons (Fsp3) is 0.538. The minimum absolute atomic E-state index is 0.0260. The summed E-state index contributed by atoms with van der Waals surface area (Å²) >= 11 is 0. The minimum atomic E-state index is -0.160. The zero-order valence-electron chi connectivity index (χ0n) is 11.6. The van der Waals surface area contributed by atoms with Crippen molar-refractivity contribution in [1.82, 2.24) is 9.88 Å². The van der Waals surface area contributed by atoms with Crippen molar-refractivity contribution in [3.63, 3.8) is 0 Å². The number of nitrogens with zero attached hydrogens (tertiary/aromatic N) is 2. The van der Waals surface area contributed by atoms with Gasteiger partial charge in [0.05, 0.1) is 25.0 Å². The third-order valence-corrected chi connectivity index (χ3v) is 2.67. The van der Waals surface area contributed by atoms with Crippen molar-refractivity contribution in [3.8, 4) is 5.88 Å². The zero-order valence-corrected chi connectivity index (χ0v) is 11.6. The van der Waals surface area contributed by atoms with E-state index in [1.807, 2.05) is 32.8 Å². The second kappa shape index (κ2) is 6.35. The molecular formula is C13H21N3O2. The SMILES string of the molecule is COc1ccc(NC(=O)[C@H](C(C)C)N(C)C)cn1. The molecular weight excluding hydrogens is 230 g/mol. The first-order valence-corrected chi connectivity index (χ1v) is 5.93. The van der Waals surface area contributed by atoms with E-state index in [-0.39, 0.29) is 17.9 Å². The number of anilines is 1. The molecule has 0 saturated carbocycles. The van der Waals surface area contributed by atoms with E-state index in [1.165, 1.54) is 0 Å². The van der Waals surface area contributed by atoms with E-state index in [0.29, 0.717) is 11.6 Å². The van der Waals surface area contributed by atoms with Crippen molar-refractivity contribution in [2.45, 2.75) is 19.9 Å². The molecule has 1 aromatic heterocycles. The maximum Gasteiger partial charge on any atom is 0.242 e. The summed E-state index contributed by atoms with van der Waals surface area (Å²) in [5, 5.41) is 2.86. The molecule has 0 radical (unpaired) electrons. The van der Waals surface area contributed by atoms with Gasteiger partial charge in [-0.3, -0.25) is 9.69 Å². The molecule has 1 aromatic rings. The van der Waals surface area contributed by atoms with Crippen LogP contribution in [0, 0.1) is 5.92 Å². The van der Waals surface area contributed by atoms with E-state index in [9.17, 15) is 4.79 Å². The molecule has 5 nitrogen and oxygen atoms in total. The fourth-order valence-electron chi connectivity index (χ4n) is 1.92. The molecule has 0 aliphatic rings. The van der Waals surface area contributed by atoms with Gasteiger partial charge in [-0.2, -0.15) is 0 Å². The quantitative estimate of drug-likeness (QED) is 0.864. The first kappa shape index (κ1) is 14.4. The van der Waals surface area contributed by atoms with Crippen molar-refractivity contribution in [1.29, 1.82) is 0 Å². The Bertz CT molecular complexity index is 380. The van der Waals surface area contributed by atoms with Crippen molar-refractivity contribution in [2.75, 3.05) is 26.5 Å². The van der Waals surface area contributed by atoms with Crippen molar-refractivity contribution < 1.29 is 9.53 Å². The Hall–Kier alpha value is -1.62. The predicted molar refractivity (Wildman–Crippen MR) is 71.7 cm³/mol. The number of carbonyl (C=O) groups is 1. The van der Waals surface area contributed by atoms with Gasteiger partial charge in [0.1, 0.15) is 0 Å². The lowest BCUT2D eigenvalue weighted by molar-refractivity contribution is -0.121. The molecule has 0 aliphatic heterocycles. The van der Waals surface area contributed by atoms with Crippen LogP contribution in [-0.2, 0) is 4.79 Å². The van der Waals surface area contributed by atoms with Gasteiger partial charge in [0.2, 0.25) is 11.8 Å². The number of aromatic nitrogens is 1. The maximum absolute atomic E-state index is 12.1. The van der Waals surface area contributed by atoms with Gasteiger partial charge in [-0.25, -0.2) is 4.98 Å². The highest BCUT2D eigenvalue weighted by molar-refractivity contribution is 5.94. The Balaban J connectivity index is 2.73. The molecule has 0 fully saturated rings. The summed E-state index contributed by atoms with van der Waals surface area (Å²) < 4.78 is 4.97. The third-order valence-electron chi connectivity index (χ3n) is 2.67. The molecule has 1 atom stereocenters. The van der Waals surface area contributed by atoms with Gasteiger partial charge in [-0.1, -0.05) is 13.8 Å². The molecule has 100 valence electrons. The van der Waals surface area contributed by atoms with Gasteiger partial charge in [0, 0.05) is 6.07 Å². The number of amides is 1. The summed E-state index contributed by atoms with van der Waals surface area (Å²) in [5.74, 6) is 0.745. The normalized spacial score (nSPS) is 12.6. The highest BCUT2D eigenvalue weighted by Crippen LogP contribution is 2.14. The van der Waals surface area contributed by atoms with Crippen LogP contribution in [0.4, 0.5) is 5.69 Å². The topological polar surface area (TPSA) is 54.5 Å². The maximum atomic E-state index is 12.1. The number of carbonyl (C=O) groups excluding carboxylic acids is 1. The Morgan fingerprint density at radius 1 is 1.39 bits per heavy atom. The first-order valence-electron chi connectivity index (χ1n) is 5.93. The molecule has 1 amide bonds. The van der Waals surface area contributed by atoms with Crippen LogP contribution in [0.25, 0.3) is 0 Å². The largest absolute Gasteiger partial charge is 0.481 e. The Labute approximate surface area is 108 Å². The zero-order chi connectivity index (χ0) is 13.7. The second-order valence-electron chi connectivity index (χ2n) is 4.73. The summed E-state index contributed by atoms with van der Waals surface area (Å²) in [5.41, 5.74) is 0.674. The monoisotopic (exact) mass is 251 g/mol. The van der Waals surface area contributed by atoms with Gasteiger partial charge in [0.15, 0.2) is 0 Å². The van der Waals surface area contributed by atoms with Crippen LogP contribution in [0.2, 0.25) is 0 Å². The highest BCUT2D eigenvalue weighted by Gasteiger charge is 2.24. The van der Waals surface area contributed by atoms with Gasteiger partial charge >= 0.3 is 0 Å². The second-order valence-corrected chi connectivity index (χ2v) is 4.73. The minimum Gasteiger partial charge on any atom is -0.481 e. The van der Waals surface area contributed by atoms with Crippen molar-refractivity contribution in [3.05, 3.63) is 18.3 Å².